The molecule has 0 saturated carbocycles. The first kappa shape index (κ1) is 21.4. The van der Waals surface area contributed by atoms with Crippen LogP contribution in [-0.4, -0.2) is 54.8 Å². The number of nitrogens with zero attached hydrogens (tertiary/aromatic N) is 4. The molecular weight excluding hydrogens is 417 g/mol. The van der Waals surface area contributed by atoms with E-state index in [0.29, 0.717) is 23.3 Å². The molecule has 3 N–H and O–H groups in total. The van der Waals surface area contributed by atoms with Crippen LogP contribution >= 0.6 is 19.4 Å². The highest BCUT2D eigenvalue weighted by Gasteiger charge is 2.20. The molecule has 2 heterocycles. The summed E-state index contributed by atoms with van der Waals surface area (Å²) in [4.78, 5) is 33.9. The SMILES string of the molecule is Nc1ncnc2c1ncn2CCOCP(=O)(O)OCCSC(=O)c1ccccc1. The third kappa shape index (κ3) is 6.09. The molecular formula is C17H20N5O5PS. The lowest BCUT2D eigenvalue weighted by Gasteiger charge is -2.12. The van der Waals surface area contributed by atoms with Crippen LogP contribution in [-0.2, 0) is 20.4 Å². The van der Waals surface area contributed by atoms with Crippen LogP contribution in [0.5, 0.6) is 0 Å². The molecule has 0 spiro atoms. The standard InChI is InChI=1S/C17H20N5O5PS/c18-15-14-16(20-10-19-15)22(11-21-14)6-7-26-12-28(24,25)27-8-9-29-17(23)13-4-2-1-3-5-13/h1-5,10-11H,6-9,12H2,(H,24,25)(H2,18,19,20). The van der Waals surface area contributed by atoms with Gasteiger partial charge in [-0.2, -0.15) is 0 Å². The summed E-state index contributed by atoms with van der Waals surface area (Å²) in [5, 5.41) is -0.116. The van der Waals surface area contributed by atoms with Gasteiger partial charge >= 0.3 is 7.60 Å². The fourth-order valence-corrected chi connectivity index (χ4v) is 4.00. The highest BCUT2D eigenvalue weighted by Crippen LogP contribution is 2.41. The van der Waals surface area contributed by atoms with Crippen LogP contribution in [0.15, 0.2) is 43.0 Å². The van der Waals surface area contributed by atoms with Crippen LogP contribution in [0.25, 0.3) is 11.2 Å². The molecule has 0 radical (unpaired) electrons. The van der Waals surface area contributed by atoms with E-state index in [-0.39, 0.29) is 29.9 Å². The van der Waals surface area contributed by atoms with Gasteiger partial charge in [-0.3, -0.25) is 9.36 Å². The van der Waals surface area contributed by atoms with Crippen LogP contribution < -0.4 is 5.73 Å². The first-order chi connectivity index (χ1) is 14.0. The molecule has 10 nitrogen and oxygen atoms in total. The summed E-state index contributed by atoms with van der Waals surface area (Å²) in [6.45, 7) is 0.488. The normalized spacial score (nSPS) is 13.4. The van der Waals surface area contributed by atoms with Gasteiger partial charge in [0.25, 0.3) is 0 Å². The second-order valence-electron chi connectivity index (χ2n) is 5.88. The summed E-state index contributed by atoms with van der Waals surface area (Å²) >= 11 is 1.03. The van der Waals surface area contributed by atoms with Crippen molar-refractivity contribution in [2.45, 2.75) is 6.54 Å². The second kappa shape index (κ2) is 9.95. The van der Waals surface area contributed by atoms with E-state index in [0.717, 1.165) is 11.8 Å². The molecule has 1 atom stereocenters. The van der Waals surface area contributed by atoms with Gasteiger partial charge in [-0.25, -0.2) is 15.0 Å². The van der Waals surface area contributed by atoms with Crippen molar-refractivity contribution in [1.29, 1.82) is 0 Å². The number of rotatable bonds is 10. The van der Waals surface area contributed by atoms with E-state index in [2.05, 4.69) is 15.0 Å². The van der Waals surface area contributed by atoms with Gasteiger partial charge < -0.3 is 24.5 Å². The van der Waals surface area contributed by atoms with E-state index < -0.39 is 13.9 Å². The Morgan fingerprint density at radius 1 is 1.21 bits per heavy atom. The number of nitrogen functional groups attached to an aromatic ring is 1. The molecule has 0 aliphatic heterocycles. The van der Waals surface area contributed by atoms with Gasteiger partial charge in [0, 0.05) is 17.9 Å². The van der Waals surface area contributed by atoms with Gasteiger partial charge in [0.1, 0.15) is 18.2 Å². The van der Waals surface area contributed by atoms with Crippen LogP contribution in [0.3, 0.4) is 0 Å². The van der Waals surface area contributed by atoms with E-state index in [4.69, 9.17) is 15.0 Å². The Hall–Kier alpha value is -2.30. The van der Waals surface area contributed by atoms with Gasteiger partial charge in [0.2, 0.25) is 5.12 Å². The summed E-state index contributed by atoms with van der Waals surface area (Å²) in [5.74, 6) is 0.548. The molecule has 0 aliphatic carbocycles. The molecule has 2 aromatic heterocycles. The van der Waals surface area contributed by atoms with Crippen LogP contribution in [0.2, 0.25) is 0 Å². The zero-order valence-electron chi connectivity index (χ0n) is 15.4. The molecule has 3 aromatic rings. The number of carbonyl (C=O) groups excluding carboxylic acids is 1. The third-order valence-electron chi connectivity index (χ3n) is 3.78. The summed E-state index contributed by atoms with van der Waals surface area (Å²) in [7, 11) is -3.90. The molecule has 154 valence electrons. The molecule has 0 fully saturated rings. The molecule has 0 saturated heterocycles. The average molecular weight is 437 g/mol. The van der Waals surface area contributed by atoms with Crippen LogP contribution in [0.1, 0.15) is 10.4 Å². The molecule has 12 heteroatoms. The van der Waals surface area contributed by atoms with E-state index >= 15 is 0 Å². The van der Waals surface area contributed by atoms with Gasteiger partial charge in [-0.15, -0.1) is 0 Å². The number of nitrogens with two attached hydrogens (primary N) is 1. The number of ether oxygens (including phenoxy) is 1. The first-order valence-electron chi connectivity index (χ1n) is 8.64. The van der Waals surface area contributed by atoms with Gasteiger partial charge in [-0.05, 0) is 0 Å². The van der Waals surface area contributed by atoms with Crippen molar-refractivity contribution in [3.05, 3.63) is 48.5 Å². The summed E-state index contributed by atoms with van der Waals surface area (Å²) in [5.41, 5.74) is 7.35. The highest BCUT2D eigenvalue weighted by molar-refractivity contribution is 8.14. The molecule has 29 heavy (non-hydrogen) atoms. The number of hydrogen-bond acceptors (Lipinski definition) is 9. The molecule has 0 amide bonds. The summed E-state index contributed by atoms with van der Waals surface area (Å²) in [6.07, 6.45) is 2.44. The van der Waals surface area contributed by atoms with Crippen molar-refractivity contribution >= 4 is 41.5 Å². The quantitative estimate of drug-likeness (QED) is 0.358. The lowest BCUT2D eigenvalue weighted by molar-refractivity contribution is 0.108. The van der Waals surface area contributed by atoms with Crippen molar-refractivity contribution in [2.24, 2.45) is 0 Å². The topological polar surface area (TPSA) is 142 Å². The van der Waals surface area contributed by atoms with Crippen molar-refractivity contribution in [1.82, 2.24) is 19.5 Å². The van der Waals surface area contributed by atoms with Crippen molar-refractivity contribution in [2.75, 3.05) is 31.0 Å². The van der Waals surface area contributed by atoms with E-state index in [1.165, 1.54) is 6.33 Å². The molecule has 0 bridgehead atoms. The number of carbonyl (C=O) groups is 1. The number of benzene rings is 1. The summed E-state index contributed by atoms with van der Waals surface area (Å²) < 4.78 is 24.0. The lowest BCUT2D eigenvalue weighted by atomic mass is 10.2. The zero-order chi connectivity index (χ0) is 20.7. The Kier molecular flexibility index (Phi) is 7.34. The van der Waals surface area contributed by atoms with Crippen LogP contribution in [0, 0.1) is 0 Å². The smallest absolute Gasteiger partial charge is 0.353 e. The van der Waals surface area contributed by atoms with Gasteiger partial charge in [0.05, 0.1) is 19.5 Å². The predicted octanol–water partition coefficient (Wildman–Crippen LogP) is 2.16. The Labute approximate surface area is 171 Å². The number of imidazole rings is 1. The molecule has 0 aliphatic rings. The molecule has 1 aromatic carbocycles. The van der Waals surface area contributed by atoms with E-state index in [1.54, 1.807) is 35.2 Å². The van der Waals surface area contributed by atoms with Crippen LogP contribution in [0.4, 0.5) is 5.82 Å². The van der Waals surface area contributed by atoms with Gasteiger partial charge in [0.15, 0.2) is 11.5 Å². The van der Waals surface area contributed by atoms with E-state index in [1.807, 2.05) is 6.07 Å². The second-order valence-corrected chi connectivity index (χ2v) is 8.74. The Morgan fingerprint density at radius 2 is 2.00 bits per heavy atom. The number of hydrogen-bond donors (Lipinski definition) is 2. The maximum absolute atomic E-state index is 12.0. The maximum Gasteiger partial charge on any atom is 0.353 e. The fourth-order valence-electron chi connectivity index (χ4n) is 2.41. The number of fused-ring (bicyclic) bond motifs is 1. The van der Waals surface area contributed by atoms with E-state index in [9.17, 15) is 14.3 Å². The monoisotopic (exact) mass is 437 g/mol. The first-order valence-corrected chi connectivity index (χ1v) is 11.4. The van der Waals surface area contributed by atoms with Crippen molar-refractivity contribution in [3.63, 3.8) is 0 Å². The minimum absolute atomic E-state index is 0.0390. The maximum atomic E-state index is 12.0. The Balaban J connectivity index is 1.36. The average Bonchev–Trinajstić information content (AvgIpc) is 3.13. The number of thioether (sulfide) groups is 1. The van der Waals surface area contributed by atoms with Crippen molar-refractivity contribution < 1.29 is 23.5 Å². The minimum Gasteiger partial charge on any atom is -0.382 e. The Morgan fingerprint density at radius 3 is 2.79 bits per heavy atom. The number of anilines is 1. The highest BCUT2D eigenvalue weighted by atomic mass is 32.2. The largest absolute Gasteiger partial charge is 0.382 e. The lowest BCUT2D eigenvalue weighted by Crippen LogP contribution is -2.09. The number of aromatic nitrogens is 4. The summed E-state index contributed by atoms with van der Waals surface area (Å²) in [6, 6.07) is 8.80. The minimum atomic E-state index is -3.90. The third-order valence-corrected chi connectivity index (χ3v) is 5.74. The van der Waals surface area contributed by atoms with Crippen molar-refractivity contribution in [3.8, 4) is 0 Å². The molecule has 3 rings (SSSR count). The zero-order valence-corrected chi connectivity index (χ0v) is 17.1. The Bertz CT molecular complexity index is 1020. The fraction of sp³-hybridized carbons (Fsp3) is 0.294. The molecule has 1 unspecified atom stereocenters. The predicted molar refractivity (Wildman–Crippen MR) is 110 cm³/mol. The van der Waals surface area contributed by atoms with Gasteiger partial charge in [-0.1, -0.05) is 42.1 Å².